The summed E-state index contributed by atoms with van der Waals surface area (Å²) in [6, 6.07) is 13.3. The van der Waals surface area contributed by atoms with Gasteiger partial charge in [-0.3, -0.25) is 14.9 Å². The van der Waals surface area contributed by atoms with E-state index < -0.39 is 4.92 Å². The summed E-state index contributed by atoms with van der Waals surface area (Å²) in [5.41, 5.74) is 0.360. The Morgan fingerprint density at radius 1 is 1.26 bits per heavy atom. The first-order chi connectivity index (χ1) is 11.1. The van der Waals surface area contributed by atoms with Gasteiger partial charge in [-0.15, -0.1) is 11.8 Å². The molecular formula is C16H16N2O4S. The van der Waals surface area contributed by atoms with Crippen LogP contribution in [-0.4, -0.2) is 23.2 Å². The zero-order valence-corrected chi connectivity index (χ0v) is 13.3. The predicted molar refractivity (Wildman–Crippen MR) is 90.1 cm³/mol. The van der Waals surface area contributed by atoms with E-state index in [9.17, 15) is 14.9 Å². The van der Waals surface area contributed by atoms with Crippen LogP contribution in [0.4, 0.5) is 11.4 Å². The molecule has 7 heteroatoms. The molecule has 6 nitrogen and oxygen atoms in total. The first-order valence-corrected chi connectivity index (χ1v) is 7.97. The third-order valence-corrected chi connectivity index (χ3v) is 3.86. The first-order valence-electron chi connectivity index (χ1n) is 6.98. The molecule has 0 unspecified atom stereocenters. The van der Waals surface area contributed by atoms with Gasteiger partial charge in [0, 0.05) is 22.7 Å². The SMILES string of the molecule is CCOc1ccc(SCC(=O)Nc2cccc([N+](=O)[O-])c2)cc1. The standard InChI is InChI=1S/C16H16N2O4S/c1-2-22-14-6-8-15(9-7-14)23-11-16(19)17-12-4-3-5-13(10-12)18(20)21/h3-10H,2,11H2,1H3,(H,17,19). The molecule has 0 radical (unpaired) electrons. The van der Waals surface area contributed by atoms with Crippen LogP contribution < -0.4 is 10.1 Å². The summed E-state index contributed by atoms with van der Waals surface area (Å²) < 4.78 is 5.35. The summed E-state index contributed by atoms with van der Waals surface area (Å²) >= 11 is 1.38. The minimum Gasteiger partial charge on any atom is -0.494 e. The molecule has 0 aromatic heterocycles. The zero-order chi connectivity index (χ0) is 16.7. The van der Waals surface area contributed by atoms with Crippen LogP contribution in [-0.2, 0) is 4.79 Å². The average Bonchev–Trinajstić information content (AvgIpc) is 2.55. The summed E-state index contributed by atoms with van der Waals surface area (Å²) in [5.74, 6) is 0.790. The number of nitrogens with one attached hydrogen (secondary N) is 1. The molecule has 2 aromatic carbocycles. The molecule has 2 rings (SSSR count). The van der Waals surface area contributed by atoms with Crippen molar-refractivity contribution in [3.63, 3.8) is 0 Å². The first kappa shape index (κ1) is 16.8. The third kappa shape index (κ3) is 5.30. The maximum Gasteiger partial charge on any atom is 0.271 e. The number of anilines is 1. The molecule has 1 N–H and O–H groups in total. The molecule has 1 amide bonds. The van der Waals surface area contributed by atoms with Gasteiger partial charge in [-0.1, -0.05) is 6.07 Å². The molecule has 0 aliphatic heterocycles. The lowest BCUT2D eigenvalue weighted by atomic mass is 10.3. The Hall–Kier alpha value is -2.54. The molecule has 0 atom stereocenters. The van der Waals surface area contributed by atoms with Gasteiger partial charge in [-0.2, -0.15) is 0 Å². The molecule has 0 aliphatic carbocycles. The fourth-order valence-electron chi connectivity index (χ4n) is 1.84. The Morgan fingerprint density at radius 2 is 2.00 bits per heavy atom. The van der Waals surface area contributed by atoms with Gasteiger partial charge in [-0.05, 0) is 37.3 Å². The summed E-state index contributed by atoms with van der Waals surface area (Å²) in [5, 5.41) is 13.4. The van der Waals surface area contributed by atoms with E-state index >= 15 is 0 Å². The van der Waals surface area contributed by atoms with Gasteiger partial charge in [0.05, 0.1) is 17.3 Å². The van der Waals surface area contributed by atoms with E-state index in [-0.39, 0.29) is 17.3 Å². The van der Waals surface area contributed by atoms with Gasteiger partial charge in [0.2, 0.25) is 5.91 Å². The highest BCUT2D eigenvalue weighted by atomic mass is 32.2. The molecule has 0 saturated carbocycles. The van der Waals surface area contributed by atoms with Crippen molar-refractivity contribution in [3.8, 4) is 5.75 Å². The lowest BCUT2D eigenvalue weighted by Crippen LogP contribution is -2.14. The highest BCUT2D eigenvalue weighted by Crippen LogP contribution is 2.22. The second kappa shape index (κ2) is 8.19. The number of amides is 1. The molecule has 0 bridgehead atoms. The van der Waals surface area contributed by atoms with Crippen molar-refractivity contribution in [2.45, 2.75) is 11.8 Å². The number of hydrogen-bond donors (Lipinski definition) is 1. The van der Waals surface area contributed by atoms with Crippen molar-refractivity contribution in [2.24, 2.45) is 0 Å². The summed E-state index contributed by atoms with van der Waals surface area (Å²) in [6.45, 7) is 2.53. The van der Waals surface area contributed by atoms with Crippen LogP contribution in [0.25, 0.3) is 0 Å². The number of thioether (sulfide) groups is 1. The number of nitrogens with zero attached hydrogens (tertiary/aromatic N) is 1. The van der Waals surface area contributed by atoms with Crippen LogP contribution in [0, 0.1) is 10.1 Å². The van der Waals surface area contributed by atoms with Crippen molar-refractivity contribution in [2.75, 3.05) is 17.7 Å². The molecule has 0 aliphatic rings. The number of non-ortho nitro benzene ring substituents is 1. The second-order valence-electron chi connectivity index (χ2n) is 4.55. The Labute approximate surface area is 138 Å². The van der Waals surface area contributed by atoms with Crippen LogP contribution in [0.1, 0.15) is 6.92 Å². The Balaban J connectivity index is 1.87. The van der Waals surface area contributed by atoms with E-state index in [1.807, 2.05) is 31.2 Å². The zero-order valence-electron chi connectivity index (χ0n) is 12.5. The quantitative estimate of drug-likeness (QED) is 0.475. The van der Waals surface area contributed by atoms with Crippen LogP contribution in [0.5, 0.6) is 5.75 Å². The Morgan fingerprint density at radius 3 is 2.65 bits per heavy atom. The van der Waals surface area contributed by atoms with E-state index in [2.05, 4.69) is 5.32 Å². The normalized spacial score (nSPS) is 10.1. The molecule has 0 saturated heterocycles. The smallest absolute Gasteiger partial charge is 0.271 e. The molecule has 0 spiro atoms. The van der Waals surface area contributed by atoms with Crippen molar-refractivity contribution in [1.82, 2.24) is 0 Å². The number of benzene rings is 2. The molecule has 2 aromatic rings. The summed E-state index contributed by atoms with van der Waals surface area (Å²) in [4.78, 5) is 23.1. The largest absolute Gasteiger partial charge is 0.494 e. The van der Waals surface area contributed by atoms with E-state index in [0.29, 0.717) is 12.3 Å². The summed E-state index contributed by atoms with van der Waals surface area (Å²) in [6.07, 6.45) is 0. The third-order valence-electron chi connectivity index (χ3n) is 2.85. The second-order valence-corrected chi connectivity index (χ2v) is 5.60. The highest BCUT2D eigenvalue weighted by Gasteiger charge is 2.08. The number of rotatable bonds is 7. The molecule has 120 valence electrons. The summed E-state index contributed by atoms with van der Waals surface area (Å²) in [7, 11) is 0. The van der Waals surface area contributed by atoms with Gasteiger partial charge in [0.1, 0.15) is 5.75 Å². The van der Waals surface area contributed by atoms with Gasteiger partial charge < -0.3 is 10.1 Å². The number of nitro benzene ring substituents is 1. The van der Waals surface area contributed by atoms with Crippen LogP contribution >= 0.6 is 11.8 Å². The van der Waals surface area contributed by atoms with Crippen molar-refractivity contribution in [1.29, 1.82) is 0 Å². The van der Waals surface area contributed by atoms with Crippen LogP contribution in [0.2, 0.25) is 0 Å². The van der Waals surface area contributed by atoms with E-state index in [1.54, 1.807) is 6.07 Å². The fourth-order valence-corrected chi connectivity index (χ4v) is 2.54. The minimum absolute atomic E-state index is 0.0537. The predicted octanol–water partition coefficient (Wildman–Crippen LogP) is 3.72. The molecule has 0 heterocycles. The van der Waals surface area contributed by atoms with Gasteiger partial charge in [0.25, 0.3) is 5.69 Å². The van der Waals surface area contributed by atoms with Gasteiger partial charge >= 0.3 is 0 Å². The number of carbonyl (C=O) groups is 1. The molecule has 23 heavy (non-hydrogen) atoms. The van der Waals surface area contributed by atoms with Crippen molar-refractivity contribution < 1.29 is 14.5 Å². The van der Waals surface area contributed by atoms with E-state index in [1.165, 1.54) is 30.0 Å². The topological polar surface area (TPSA) is 81.5 Å². The lowest BCUT2D eigenvalue weighted by molar-refractivity contribution is -0.384. The van der Waals surface area contributed by atoms with Crippen molar-refractivity contribution in [3.05, 3.63) is 58.6 Å². The number of hydrogen-bond acceptors (Lipinski definition) is 5. The molecule has 0 fully saturated rings. The van der Waals surface area contributed by atoms with E-state index in [0.717, 1.165) is 10.6 Å². The average molecular weight is 332 g/mol. The lowest BCUT2D eigenvalue weighted by Gasteiger charge is -2.06. The van der Waals surface area contributed by atoms with Crippen LogP contribution in [0.3, 0.4) is 0 Å². The minimum atomic E-state index is -0.496. The number of ether oxygens (including phenoxy) is 1. The van der Waals surface area contributed by atoms with Crippen LogP contribution in [0.15, 0.2) is 53.4 Å². The van der Waals surface area contributed by atoms with Gasteiger partial charge in [-0.25, -0.2) is 0 Å². The van der Waals surface area contributed by atoms with E-state index in [4.69, 9.17) is 4.74 Å². The maximum atomic E-state index is 11.9. The fraction of sp³-hybridized carbons (Fsp3) is 0.188. The Bertz CT molecular complexity index is 689. The Kier molecular flexibility index (Phi) is 5.99. The van der Waals surface area contributed by atoms with Crippen molar-refractivity contribution >= 4 is 29.0 Å². The molecular weight excluding hydrogens is 316 g/mol. The maximum absolute atomic E-state index is 11.9. The number of nitro groups is 1. The number of carbonyl (C=O) groups excluding carboxylic acids is 1. The monoisotopic (exact) mass is 332 g/mol. The van der Waals surface area contributed by atoms with Gasteiger partial charge in [0.15, 0.2) is 0 Å². The highest BCUT2D eigenvalue weighted by molar-refractivity contribution is 8.00.